The second-order valence-electron chi connectivity index (χ2n) is 17.1. The van der Waals surface area contributed by atoms with E-state index in [-0.39, 0.29) is 48.7 Å². The van der Waals surface area contributed by atoms with Gasteiger partial charge in [0.1, 0.15) is 6.04 Å². The number of carbonyl (C=O) groups is 4. The van der Waals surface area contributed by atoms with Crippen molar-refractivity contribution >= 4 is 34.8 Å². The van der Waals surface area contributed by atoms with Gasteiger partial charge in [0.15, 0.2) is 0 Å². The van der Waals surface area contributed by atoms with Crippen molar-refractivity contribution in [3.05, 3.63) is 78.0 Å². The summed E-state index contributed by atoms with van der Waals surface area (Å²) in [5, 5.41) is 20.5. The first-order chi connectivity index (χ1) is 26.5. The van der Waals surface area contributed by atoms with Gasteiger partial charge >= 0.3 is 12.1 Å². The highest BCUT2D eigenvalue weighted by molar-refractivity contribution is 5.89. The van der Waals surface area contributed by atoms with Crippen molar-refractivity contribution < 1.29 is 29.0 Å². The summed E-state index contributed by atoms with van der Waals surface area (Å²) in [6.07, 6.45) is 1.94. The predicted octanol–water partition coefficient (Wildman–Crippen LogP) is 5.52. The average Bonchev–Trinajstić information content (AvgIpc) is 3.50. The number of hydrogen-bond acceptors (Lipinski definition) is 8. The monoisotopic (exact) mass is 773 g/mol. The normalized spacial score (nSPS) is 15.7. The van der Waals surface area contributed by atoms with E-state index in [1.807, 2.05) is 88.4 Å². The molecular weight excluding hydrogens is 711 g/mol. The largest absolute Gasteiger partial charge is 0.453 e. The number of fused-ring (bicyclic) bond motifs is 1. The van der Waals surface area contributed by atoms with Gasteiger partial charge in [-0.05, 0) is 52.8 Å². The van der Waals surface area contributed by atoms with Crippen LogP contribution in [0.15, 0.2) is 66.9 Å². The highest BCUT2D eigenvalue weighted by Crippen LogP contribution is 2.26. The van der Waals surface area contributed by atoms with Gasteiger partial charge in [0, 0.05) is 57.3 Å². The number of rotatable bonds is 19. The minimum absolute atomic E-state index is 0.0464. The van der Waals surface area contributed by atoms with Crippen LogP contribution in [0.5, 0.6) is 0 Å². The number of aliphatic hydroxyl groups excluding tert-OH is 1. The first-order valence-corrected chi connectivity index (χ1v) is 19.8. The third kappa shape index (κ3) is 12.9. The van der Waals surface area contributed by atoms with E-state index in [1.54, 1.807) is 21.0 Å². The quantitative estimate of drug-likeness (QED) is 0.116. The number of benzene rings is 2. The molecule has 13 nitrogen and oxygen atoms in total. The molecule has 306 valence electrons. The molecule has 4 atom stereocenters. The van der Waals surface area contributed by atoms with Crippen molar-refractivity contribution in [3.8, 4) is 0 Å². The second kappa shape index (κ2) is 19.9. The molecule has 4 N–H and O–H groups in total. The zero-order chi connectivity index (χ0) is 41.0. The van der Waals surface area contributed by atoms with Gasteiger partial charge in [-0.1, -0.05) is 103 Å². The van der Waals surface area contributed by atoms with Gasteiger partial charge < -0.3 is 30.3 Å². The number of alkyl carbamates (subject to hydrolysis) is 1. The minimum atomic E-state index is -1.09. The number of ether oxygens (including phenoxy) is 1. The van der Waals surface area contributed by atoms with E-state index in [1.165, 1.54) is 7.11 Å². The summed E-state index contributed by atoms with van der Waals surface area (Å²) >= 11 is 0. The summed E-state index contributed by atoms with van der Waals surface area (Å²) in [6, 6.07) is 17.7. The molecule has 0 bridgehead atoms. The zero-order valence-corrected chi connectivity index (χ0v) is 34.5. The number of amides is 5. The van der Waals surface area contributed by atoms with Gasteiger partial charge in [-0.25, -0.2) is 14.6 Å². The Labute approximate surface area is 332 Å². The smallest absolute Gasteiger partial charge is 0.406 e. The summed E-state index contributed by atoms with van der Waals surface area (Å²) in [4.78, 5) is 61.5. The Balaban J connectivity index is 1.53. The fourth-order valence-electron chi connectivity index (χ4n) is 6.97. The zero-order valence-electron chi connectivity index (χ0n) is 34.5. The number of nitrogens with one attached hydrogen (secondary N) is 3. The molecule has 5 amide bonds. The molecule has 2 heterocycles. The van der Waals surface area contributed by atoms with E-state index >= 15 is 0 Å². The molecule has 1 aromatic heterocycles. The highest BCUT2D eigenvalue weighted by Gasteiger charge is 2.41. The second-order valence-corrected chi connectivity index (χ2v) is 17.1. The molecule has 0 aliphatic carbocycles. The molecule has 0 spiro atoms. The van der Waals surface area contributed by atoms with Crippen LogP contribution in [0.3, 0.4) is 0 Å². The van der Waals surface area contributed by atoms with Crippen molar-refractivity contribution in [3.63, 3.8) is 0 Å². The Morgan fingerprint density at radius 2 is 1.70 bits per heavy atom. The van der Waals surface area contributed by atoms with Crippen LogP contribution in [0.4, 0.5) is 9.59 Å². The number of pyridine rings is 1. The van der Waals surface area contributed by atoms with Crippen LogP contribution in [0.25, 0.3) is 10.9 Å². The maximum Gasteiger partial charge on any atom is 0.406 e. The molecule has 1 saturated heterocycles. The Morgan fingerprint density at radius 1 is 1.00 bits per heavy atom. The molecule has 1 fully saturated rings. The Kier molecular flexibility index (Phi) is 15.6. The van der Waals surface area contributed by atoms with E-state index in [9.17, 15) is 24.3 Å². The van der Waals surface area contributed by atoms with Crippen molar-refractivity contribution in [1.29, 1.82) is 0 Å². The van der Waals surface area contributed by atoms with Gasteiger partial charge in [-0.15, -0.1) is 0 Å². The Morgan fingerprint density at radius 3 is 2.38 bits per heavy atom. The maximum atomic E-state index is 14.5. The number of methoxy groups -OCH3 is 1. The number of aliphatic hydroxyl groups is 1. The van der Waals surface area contributed by atoms with Gasteiger partial charge in [-0.2, -0.15) is 0 Å². The third-order valence-corrected chi connectivity index (χ3v) is 10.5. The minimum Gasteiger partial charge on any atom is -0.453 e. The lowest BCUT2D eigenvalue weighted by Gasteiger charge is -2.35. The fraction of sp³-hybridized carbons (Fsp3) is 0.558. The Bertz CT molecular complexity index is 1760. The van der Waals surface area contributed by atoms with Crippen LogP contribution in [0.1, 0.15) is 78.9 Å². The lowest BCUT2D eigenvalue weighted by molar-refractivity contribution is -0.131. The van der Waals surface area contributed by atoms with E-state index in [4.69, 9.17) is 0 Å². The fourth-order valence-corrected chi connectivity index (χ4v) is 6.97. The van der Waals surface area contributed by atoms with Gasteiger partial charge in [0.2, 0.25) is 11.8 Å². The summed E-state index contributed by atoms with van der Waals surface area (Å²) in [5.74, 6) is -0.746. The van der Waals surface area contributed by atoms with Gasteiger partial charge in [0.05, 0.1) is 24.8 Å². The number of nitrogens with zero attached hydrogens (tertiary/aromatic N) is 4. The number of aromatic nitrogens is 1. The van der Waals surface area contributed by atoms with E-state index < -0.39 is 29.7 Å². The molecule has 4 rings (SSSR count). The number of hydrazine groups is 1. The van der Waals surface area contributed by atoms with Crippen molar-refractivity contribution in [2.75, 3.05) is 39.8 Å². The molecule has 4 unspecified atom stereocenters. The molecule has 1 aliphatic rings. The van der Waals surface area contributed by atoms with Crippen LogP contribution in [-0.4, -0.2) is 107 Å². The highest BCUT2D eigenvalue weighted by atomic mass is 16.5. The third-order valence-electron chi connectivity index (χ3n) is 10.5. The predicted molar refractivity (Wildman–Crippen MR) is 218 cm³/mol. The molecule has 1 aliphatic heterocycles. The van der Waals surface area contributed by atoms with Crippen LogP contribution in [0.2, 0.25) is 0 Å². The van der Waals surface area contributed by atoms with Gasteiger partial charge in [-0.3, -0.25) is 20.0 Å². The topological polar surface area (TPSA) is 156 Å². The maximum absolute atomic E-state index is 14.5. The number of para-hydroxylation sites is 1. The van der Waals surface area contributed by atoms with Gasteiger partial charge in [0.25, 0.3) is 0 Å². The van der Waals surface area contributed by atoms with Crippen LogP contribution in [-0.2, 0) is 27.3 Å². The number of urea groups is 1. The van der Waals surface area contributed by atoms with Crippen molar-refractivity contribution in [2.45, 2.75) is 98.9 Å². The summed E-state index contributed by atoms with van der Waals surface area (Å²) in [5.41, 5.74) is 5.15. The van der Waals surface area contributed by atoms with Crippen molar-refractivity contribution in [2.24, 2.45) is 16.7 Å². The molecular formula is C43H63N7O6. The molecule has 0 radical (unpaired) electrons. The number of hydrogen-bond donors (Lipinski definition) is 4. The molecule has 0 saturated carbocycles. The average molecular weight is 774 g/mol. The molecule has 56 heavy (non-hydrogen) atoms. The molecule has 3 aromatic rings. The summed E-state index contributed by atoms with van der Waals surface area (Å²) in [6.45, 7) is 16.1. The lowest BCUT2D eigenvalue weighted by Crippen LogP contribution is -2.58. The number of carbonyl (C=O) groups excluding carboxylic acids is 4. The summed E-state index contributed by atoms with van der Waals surface area (Å²) in [7, 11) is 1.29. The van der Waals surface area contributed by atoms with Crippen LogP contribution < -0.4 is 16.1 Å². The Hall–Kier alpha value is -4.75. The SMILES string of the molecule is CCC(C)C(C(=O)NC(Cc1ccccc1)C(O)CN(CCC(C)(C)C)NC(=O)CC(C)(C)CNC(=O)OC)N1CCN(Cc2ccnc3ccccc23)C1=O. The van der Waals surface area contributed by atoms with Crippen LogP contribution >= 0.6 is 0 Å². The first kappa shape index (κ1) is 44.0. The van der Waals surface area contributed by atoms with Crippen molar-refractivity contribution in [1.82, 2.24) is 35.9 Å². The molecule has 2 aromatic carbocycles. The molecule has 13 heteroatoms. The van der Waals surface area contributed by atoms with E-state index in [0.717, 1.165) is 28.5 Å². The standard InChI is InChI=1S/C43H63N7O6/c1-9-30(2)38(50-24-23-48(41(50)55)27-32-19-21-44-34-18-14-13-17-33(32)34)39(53)46-35(25-31-15-11-10-12-16-31)36(51)28-49(22-20-42(3,4)5)47-37(52)26-43(6,7)29-45-40(54)56-8/h10-19,21,30,35-36,38,51H,9,20,22-29H2,1-8H3,(H,45,54)(H,46,53)(H,47,52). The van der Waals surface area contributed by atoms with E-state index in [0.29, 0.717) is 39.0 Å². The summed E-state index contributed by atoms with van der Waals surface area (Å²) < 4.78 is 4.68. The lowest BCUT2D eigenvalue weighted by atomic mass is 9.89. The van der Waals surface area contributed by atoms with Crippen LogP contribution in [0, 0.1) is 16.7 Å². The first-order valence-electron chi connectivity index (χ1n) is 19.8. The van der Waals surface area contributed by atoms with E-state index in [2.05, 4.69) is 46.6 Å².